The maximum Gasteiger partial charge on any atom is 1.00 e. The van der Waals surface area contributed by atoms with Gasteiger partial charge in [-0.2, -0.15) is 0 Å². The summed E-state index contributed by atoms with van der Waals surface area (Å²) in [5.41, 5.74) is 0. The van der Waals surface area contributed by atoms with Crippen LogP contribution in [0, 0.1) is 0 Å². The van der Waals surface area contributed by atoms with E-state index in [0.29, 0.717) is 4.32 Å². The van der Waals surface area contributed by atoms with Gasteiger partial charge >= 0.3 is 17.1 Å². The van der Waals surface area contributed by atoms with Crippen LogP contribution in [0.15, 0.2) is 0 Å². The van der Waals surface area contributed by atoms with Crippen LogP contribution >= 0.6 is 12.2 Å². The van der Waals surface area contributed by atoms with Crippen LogP contribution in [0.4, 0.5) is 0 Å². The van der Waals surface area contributed by atoms with Crippen LogP contribution in [0.2, 0.25) is 0 Å². The van der Waals surface area contributed by atoms with Crippen LogP contribution in [-0.4, -0.2) is 22.8 Å². The summed E-state index contributed by atoms with van der Waals surface area (Å²) in [5.74, 6) is 0. The van der Waals surface area contributed by atoms with Crippen molar-refractivity contribution >= 4 is 29.2 Å². The van der Waals surface area contributed by atoms with E-state index >= 15 is 0 Å². The van der Waals surface area contributed by atoms with Gasteiger partial charge in [-0.1, -0.05) is 30.5 Å². The van der Waals surface area contributed by atoms with Crippen LogP contribution in [0.1, 0.15) is 32.6 Å². The van der Waals surface area contributed by atoms with E-state index < -0.39 is 0 Å². The van der Waals surface area contributed by atoms with E-state index in [4.69, 9.17) is 24.8 Å². The van der Waals surface area contributed by atoms with E-state index in [1.807, 2.05) is 11.9 Å². The van der Waals surface area contributed by atoms with E-state index in [1.165, 1.54) is 25.7 Å². The van der Waals surface area contributed by atoms with Crippen molar-refractivity contribution in [2.24, 2.45) is 0 Å². The van der Waals surface area contributed by atoms with Crippen molar-refractivity contribution in [1.82, 2.24) is 4.90 Å². The Morgan fingerprint density at radius 2 is 1.92 bits per heavy atom. The van der Waals surface area contributed by atoms with Crippen molar-refractivity contribution in [3.8, 4) is 0 Å². The van der Waals surface area contributed by atoms with Crippen molar-refractivity contribution in [1.29, 1.82) is 0 Å². The summed E-state index contributed by atoms with van der Waals surface area (Å²) in [6.07, 6.45) is 5.10. The molecule has 0 amide bonds. The molecule has 0 heterocycles. The summed E-state index contributed by atoms with van der Waals surface area (Å²) in [4.78, 5) is 1.96. The van der Waals surface area contributed by atoms with Gasteiger partial charge in [0, 0.05) is 13.6 Å². The first-order valence-electron chi connectivity index (χ1n) is 4.10. The molecule has 0 saturated heterocycles. The van der Waals surface area contributed by atoms with Gasteiger partial charge in [-0.05, 0) is 6.42 Å². The van der Waals surface area contributed by atoms with Crippen molar-refractivity contribution in [2.45, 2.75) is 32.6 Å². The van der Waals surface area contributed by atoms with Gasteiger partial charge in [0.2, 0.25) is 0 Å². The number of hydrogen-bond acceptors (Lipinski definition) is 2. The molecule has 0 aliphatic carbocycles. The molecule has 0 aliphatic heterocycles. The summed E-state index contributed by atoms with van der Waals surface area (Å²) in [5, 5.41) is 0. The minimum absolute atomic E-state index is 0. The predicted molar refractivity (Wildman–Crippen MR) is 56.7 cm³/mol. The number of nitrogens with zero attached hydrogens (tertiary/aromatic N) is 1. The fourth-order valence-corrected chi connectivity index (χ4v) is 1.05. The molecule has 0 aromatic carbocycles. The molecule has 1 nitrogen and oxygen atoms in total. The molecular weight excluding hydrogens is 238 g/mol. The minimum Gasteiger partial charge on any atom is -0.411 e. The molecule has 0 N–H and O–H groups in total. The SMILES string of the molecule is CCCCCCN(C)C(=S)[S-].[Cu+]. The largest absolute Gasteiger partial charge is 1.00 e. The van der Waals surface area contributed by atoms with Gasteiger partial charge in [0.25, 0.3) is 0 Å². The monoisotopic (exact) mass is 253 g/mol. The van der Waals surface area contributed by atoms with Crippen molar-refractivity contribution in [3.05, 3.63) is 0 Å². The molecule has 0 saturated carbocycles. The zero-order chi connectivity index (χ0) is 8.69. The Bertz CT molecular complexity index is 120. The number of unbranched alkanes of at least 4 members (excludes halogenated alkanes) is 3. The molecule has 0 aromatic rings. The Morgan fingerprint density at radius 1 is 1.33 bits per heavy atom. The Hall–Kier alpha value is 0.629. The molecule has 0 bridgehead atoms. The number of hydrogen-bond donors (Lipinski definition) is 0. The maximum absolute atomic E-state index is 4.84. The van der Waals surface area contributed by atoms with Crippen LogP contribution < -0.4 is 0 Å². The molecular formula is C8H16CuNS2. The summed E-state index contributed by atoms with van der Waals surface area (Å²) in [6, 6.07) is 0. The average molecular weight is 254 g/mol. The van der Waals surface area contributed by atoms with E-state index in [9.17, 15) is 0 Å². The minimum atomic E-state index is 0. The van der Waals surface area contributed by atoms with Crippen molar-refractivity contribution in [2.75, 3.05) is 13.6 Å². The van der Waals surface area contributed by atoms with Gasteiger partial charge in [0.15, 0.2) is 0 Å². The molecule has 0 fully saturated rings. The fourth-order valence-electron chi connectivity index (χ4n) is 0.867. The average Bonchev–Trinajstić information content (AvgIpc) is 1.97. The second-order valence-corrected chi connectivity index (χ2v) is 3.78. The Labute approximate surface area is 97.2 Å². The molecule has 0 spiro atoms. The Balaban J connectivity index is 0. The summed E-state index contributed by atoms with van der Waals surface area (Å²) < 4.78 is 0.585. The first-order chi connectivity index (χ1) is 5.18. The molecule has 76 valence electrons. The molecule has 0 aliphatic rings. The number of thiocarbonyl (C=S) groups is 1. The molecule has 0 radical (unpaired) electrons. The van der Waals surface area contributed by atoms with Crippen LogP contribution in [0.5, 0.6) is 0 Å². The maximum atomic E-state index is 4.84. The molecule has 4 heteroatoms. The summed E-state index contributed by atoms with van der Waals surface area (Å²) in [6.45, 7) is 3.23. The number of rotatable bonds is 5. The zero-order valence-electron chi connectivity index (χ0n) is 7.60. The third kappa shape index (κ3) is 8.72. The van der Waals surface area contributed by atoms with Crippen molar-refractivity contribution in [3.63, 3.8) is 0 Å². The second kappa shape index (κ2) is 9.72. The van der Waals surface area contributed by atoms with Gasteiger partial charge < -0.3 is 29.7 Å². The smallest absolute Gasteiger partial charge is 0.411 e. The van der Waals surface area contributed by atoms with Crippen LogP contribution in [-0.2, 0) is 29.7 Å². The van der Waals surface area contributed by atoms with Gasteiger partial charge in [-0.3, -0.25) is 0 Å². The standard InChI is InChI=1S/C8H17NS2.Cu/c1-3-4-5-6-7-9(2)8(10)11;/h3-7H2,1-2H3,(H,10,11);/q;+1/p-1. The van der Waals surface area contributed by atoms with Gasteiger partial charge in [0.1, 0.15) is 0 Å². The Kier molecular flexibility index (Phi) is 12.2. The third-order valence-electron chi connectivity index (χ3n) is 1.66. The molecule has 12 heavy (non-hydrogen) atoms. The third-order valence-corrected chi connectivity index (χ3v) is 2.28. The molecule has 0 unspecified atom stereocenters. The summed E-state index contributed by atoms with van der Waals surface area (Å²) in [7, 11) is 1.96. The van der Waals surface area contributed by atoms with E-state index in [2.05, 4.69) is 6.92 Å². The second-order valence-electron chi connectivity index (χ2n) is 2.75. The molecule has 0 aromatic heterocycles. The van der Waals surface area contributed by atoms with Crippen LogP contribution in [0.25, 0.3) is 0 Å². The topological polar surface area (TPSA) is 3.24 Å². The molecule has 0 rings (SSSR count). The van der Waals surface area contributed by atoms with Crippen LogP contribution in [0.3, 0.4) is 0 Å². The first-order valence-corrected chi connectivity index (χ1v) is 4.92. The normalized spacial score (nSPS) is 8.83. The first kappa shape index (κ1) is 15.1. The predicted octanol–water partition coefficient (Wildman–Crippen LogP) is 2.33. The van der Waals surface area contributed by atoms with E-state index in [0.717, 1.165) is 6.54 Å². The fraction of sp³-hybridized carbons (Fsp3) is 0.875. The molecule has 0 atom stereocenters. The van der Waals surface area contributed by atoms with Gasteiger partial charge in [-0.15, -0.1) is 0 Å². The Morgan fingerprint density at radius 3 is 2.33 bits per heavy atom. The van der Waals surface area contributed by atoms with Crippen molar-refractivity contribution < 1.29 is 17.1 Å². The summed E-state index contributed by atoms with van der Waals surface area (Å²) >= 11 is 9.67. The van der Waals surface area contributed by atoms with Gasteiger partial charge in [-0.25, -0.2) is 0 Å². The van der Waals surface area contributed by atoms with Gasteiger partial charge in [0.05, 0.1) is 0 Å². The quantitative estimate of drug-likeness (QED) is 0.321. The van der Waals surface area contributed by atoms with E-state index in [1.54, 1.807) is 0 Å². The zero-order valence-corrected chi connectivity index (χ0v) is 10.2. The van der Waals surface area contributed by atoms with E-state index in [-0.39, 0.29) is 17.1 Å².